The first-order valence-corrected chi connectivity index (χ1v) is 0. The van der Waals surface area contributed by atoms with Crippen LogP contribution in [0.15, 0.2) is 0 Å². The van der Waals surface area contributed by atoms with E-state index in [1.165, 1.54) is 0 Å². The van der Waals surface area contributed by atoms with E-state index in [4.69, 9.17) is 0 Å². The van der Waals surface area contributed by atoms with Crippen molar-refractivity contribution >= 4 is 74.4 Å². The first-order valence-electron chi connectivity index (χ1n) is 0. The fourth-order valence-corrected chi connectivity index (χ4v) is 0. The summed E-state index contributed by atoms with van der Waals surface area (Å²) < 4.78 is 0. The van der Waals surface area contributed by atoms with Crippen LogP contribution in [0.2, 0.25) is 0 Å². The standard InChI is InChI=1S/6ClH.2H2O.Zn/h6*1H;2*1H2;. The van der Waals surface area contributed by atoms with Crippen molar-refractivity contribution in [2.75, 3.05) is 0 Å². The van der Waals surface area contributed by atoms with Crippen LogP contribution in [0.25, 0.3) is 0 Å². The van der Waals surface area contributed by atoms with Gasteiger partial charge in [-0.25, -0.2) is 0 Å². The van der Waals surface area contributed by atoms with Crippen molar-refractivity contribution < 1.29 is 30.4 Å². The molecule has 0 unspecified atom stereocenters. The smallest absolute Gasteiger partial charge is 0 e. The van der Waals surface area contributed by atoms with Crippen LogP contribution in [0.5, 0.6) is 0 Å². The third-order valence-corrected chi connectivity index (χ3v) is 0. The van der Waals surface area contributed by atoms with Crippen LogP contribution in [-0.4, -0.2) is 11.0 Å². The largest absolute Gasteiger partial charge is 0.412 e. The quantitative estimate of drug-likeness (QED) is 0.595. The molecule has 0 aliphatic carbocycles. The fourth-order valence-electron chi connectivity index (χ4n) is 0. The van der Waals surface area contributed by atoms with Crippen molar-refractivity contribution in [2.24, 2.45) is 0 Å². The van der Waals surface area contributed by atoms with Gasteiger partial charge in [-0.15, -0.1) is 74.4 Å². The van der Waals surface area contributed by atoms with Crippen molar-refractivity contribution in [3.05, 3.63) is 0 Å². The van der Waals surface area contributed by atoms with Gasteiger partial charge in [-0.3, -0.25) is 0 Å². The molecule has 0 aromatic heterocycles. The maximum absolute atomic E-state index is 0. The Morgan fingerprint density at radius 3 is 0.333 bits per heavy atom. The third-order valence-electron chi connectivity index (χ3n) is 0. The Morgan fingerprint density at radius 1 is 0.333 bits per heavy atom. The minimum Gasteiger partial charge on any atom is -0.412 e. The van der Waals surface area contributed by atoms with Gasteiger partial charge in [0.25, 0.3) is 0 Å². The van der Waals surface area contributed by atoms with E-state index in [0.29, 0.717) is 0 Å². The van der Waals surface area contributed by atoms with E-state index in [2.05, 4.69) is 0 Å². The zero-order valence-corrected chi connectivity index (χ0v) is 12.0. The SMILES string of the molecule is Cl.Cl.Cl.Cl.Cl.Cl.O.O.[Zn]. The normalized spacial score (nSPS) is 0. The molecule has 9 heavy (non-hydrogen) atoms. The van der Waals surface area contributed by atoms with Gasteiger partial charge in [0.1, 0.15) is 0 Å². The van der Waals surface area contributed by atoms with E-state index in [1.54, 1.807) is 0 Å². The Hall–Kier alpha value is 2.28. The maximum atomic E-state index is 0. The maximum Gasteiger partial charge on any atom is 0 e. The van der Waals surface area contributed by atoms with Crippen molar-refractivity contribution in [3.8, 4) is 0 Å². The van der Waals surface area contributed by atoms with Crippen LogP contribution in [0.3, 0.4) is 0 Å². The summed E-state index contributed by atoms with van der Waals surface area (Å²) in [5.74, 6) is 0. The summed E-state index contributed by atoms with van der Waals surface area (Å²) in [7, 11) is 0. The summed E-state index contributed by atoms with van der Waals surface area (Å²) >= 11 is 0. The monoisotopic (exact) mass is 316 g/mol. The fraction of sp³-hybridized carbons (Fsp3) is 0. The van der Waals surface area contributed by atoms with Crippen LogP contribution in [0.4, 0.5) is 0 Å². The molecule has 0 aromatic carbocycles. The number of hydrogen-bond donors (Lipinski definition) is 0. The summed E-state index contributed by atoms with van der Waals surface area (Å²) in [6, 6.07) is 0. The van der Waals surface area contributed by atoms with Gasteiger partial charge in [0, 0.05) is 19.5 Å². The van der Waals surface area contributed by atoms with Crippen LogP contribution >= 0.6 is 74.4 Å². The van der Waals surface area contributed by atoms with E-state index < -0.39 is 0 Å². The molecular formula is H10Cl6O2Zn. The molecule has 0 amide bonds. The number of halogens is 6. The second kappa shape index (κ2) is 170. The third kappa shape index (κ3) is 135. The Kier molecular flexibility index (Phi) is 4320. The van der Waals surface area contributed by atoms with Crippen molar-refractivity contribution in [1.82, 2.24) is 0 Å². The first-order chi connectivity index (χ1) is 0. The summed E-state index contributed by atoms with van der Waals surface area (Å²) in [6.45, 7) is 0. The van der Waals surface area contributed by atoms with Gasteiger partial charge in [0.2, 0.25) is 0 Å². The van der Waals surface area contributed by atoms with Crippen molar-refractivity contribution in [1.29, 1.82) is 0 Å². The Balaban J connectivity index is 0. The van der Waals surface area contributed by atoms with Crippen LogP contribution < -0.4 is 0 Å². The summed E-state index contributed by atoms with van der Waals surface area (Å²) in [5.41, 5.74) is 0. The van der Waals surface area contributed by atoms with Crippen LogP contribution in [0, 0.1) is 0 Å². The molecule has 0 fully saturated rings. The van der Waals surface area contributed by atoms with Crippen molar-refractivity contribution in [3.63, 3.8) is 0 Å². The molecule has 0 saturated heterocycles. The average molecular weight is 320 g/mol. The minimum atomic E-state index is 0. The Bertz CT molecular complexity index is 11.0. The molecule has 0 atom stereocenters. The van der Waals surface area contributed by atoms with E-state index in [-0.39, 0.29) is 105 Å². The molecule has 0 saturated carbocycles. The van der Waals surface area contributed by atoms with Crippen molar-refractivity contribution in [2.45, 2.75) is 0 Å². The molecule has 0 spiro atoms. The molecule has 0 aliphatic heterocycles. The van der Waals surface area contributed by atoms with E-state index in [9.17, 15) is 0 Å². The molecule has 66 valence electrons. The topological polar surface area (TPSA) is 63.0 Å². The second-order valence-electron chi connectivity index (χ2n) is 0. The van der Waals surface area contributed by atoms with Gasteiger partial charge in [-0.2, -0.15) is 0 Å². The molecule has 0 heterocycles. The second-order valence-corrected chi connectivity index (χ2v) is 0. The molecule has 0 radical (unpaired) electrons. The number of rotatable bonds is 0. The predicted octanol–water partition coefficient (Wildman–Crippen LogP) is 0.879. The molecule has 2 nitrogen and oxygen atoms in total. The summed E-state index contributed by atoms with van der Waals surface area (Å²) in [5, 5.41) is 0. The Labute approximate surface area is 104 Å². The first kappa shape index (κ1) is 229. The summed E-state index contributed by atoms with van der Waals surface area (Å²) in [6.07, 6.45) is 0. The molecule has 4 N–H and O–H groups in total. The van der Waals surface area contributed by atoms with Gasteiger partial charge < -0.3 is 11.0 Å². The molecular weight excluding hydrogens is 310 g/mol. The Morgan fingerprint density at radius 2 is 0.333 bits per heavy atom. The molecule has 0 aliphatic rings. The van der Waals surface area contributed by atoms with E-state index >= 15 is 0 Å². The zero-order valence-electron chi connectivity index (χ0n) is 4.16. The van der Waals surface area contributed by atoms with Gasteiger partial charge >= 0.3 is 0 Å². The van der Waals surface area contributed by atoms with Crippen LogP contribution in [0.1, 0.15) is 0 Å². The predicted molar refractivity (Wildman–Crippen MR) is 50.7 cm³/mol. The van der Waals surface area contributed by atoms with Gasteiger partial charge in [-0.05, 0) is 0 Å². The summed E-state index contributed by atoms with van der Waals surface area (Å²) in [4.78, 5) is 0. The minimum absolute atomic E-state index is 0. The molecule has 0 rings (SSSR count). The van der Waals surface area contributed by atoms with Crippen LogP contribution in [-0.2, 0) is 19.5 Å². The number of hydrogen-bond acceptors (Lipinski definition) is 0. The van der Waals surface area contributed by atoms with Gasteiger partial charge in [0.05, 0.1) is 0 Å². The molecule has 0 aromatic rings. The van der Waals surface area contributed by atoms with E-state index in [1.807, 2.05) is 0 Å². The average Bonchev–Trinajstić information content (AvgIpc) is 0. The molecule has 0 bridgehead atoms. The molecule has 9 heteroatoms. The zero-order chi connectivity index (χ0) is 0. The van der Waals surface area contributed by atoms with E-state index in [0.717, 1.165) is 0 Å². The van der Waals surface area contributed by atoms with Gasteiger partial charge in [0.15, 0.2) is 0 Å². The van der Waals surface area contributed by atoms with Gasteiger partial charge in [-0.1, -0.05) is 0 Å².